The van der Waals surface area contributed by atoms with Crippen molar-refractivity contribution in [2.75, 3.05) is 0 Å². The first kappa shape index (κ1) is 11.3. The molecule has 0 aliphatic carbocycles. The van der Waals surface area contributed by atoms with Crippen LogP contribution in [0.4, 0.5) is 0 Å². The van der Waals surface area contributed by atoms with Crippen LogP contribution in [-0.4, -0.2) is 10.9 Å². The summed E-state index contributed by atoms with van der Waals surface area (Å²) in [5, 5.41) is 0. The van der Waals surface area contributed by atoms with E-state index in [-0.39, 0.29) is 0 Å². The Labute approximate surface area is 99.3 Å². The highest BCUT2D eigenvalue weighted by Gasteiger charge is 2.04. The van der Waals surface area contributed by atoms with Crippen LogP contribution in [0.3, 0.4) is 0 Å². The third kappa shape index (κ3) is 2.49. The number of amides is 1. The molecule has 4 heteroatoms. The summed E-state index contributed by atoms with van der Waals surface area (Å²) >= 11 is 0. The molecular weight excluding hydrogens is 214 g/mol. The Bertz CT molecular complexity index is 535. The maximum absolute atomic E-state index is 11.1. The molecule has 2 aromatic rings. The molecule has 0 saturated carbocycles. The van der Waals surface area contributed by atoms with Gasteiger partial charge in [0.15, 0.2) is 0 Å². The molecule has 1 aromatic heterocycles. The van der Waals surface area contributed by atoms with E-state index in [9.17, 15) is 4.79 Å². The Kier molecular flexibility index (Phi) is 3.16. The van der Waals surface area contributed by atoms with Gasteiger partial charge in [0, 0.05) is 23.9 Å². The number of rotatable bonds is 3. The van der Waals surface area contributed by atoms with E-state index in [4.69, 9.17) is 11.5 Å². The second kappa shape index (κ2) is 4.76. The molecule has 0 radical (unpaired) electrons. The second-order valence-corrected chi connectivity index (χ2v) is 3.70. The van der Waals surface area contributed by atoms with Crippen molar-refractivity contribution in [2.24, 2.45) is 11.5 Å². The van der Waals surface area contributed by atoms with Crippen molar-refractivity contribution in [3.8, 4) is 11.3 Å². The topological polar surface area (TPSA) is 82.0 Å². The van der Waals surface area contributed by atoms with Gasteiger partial charge in [-0.25, -0.2) is 0 Å². The van der Waals surface area contributed by atoms with Crippen molar-refractivity contribution in [3.05, 3.63) is 53.7 Å². The molecule has 4 nitrogen and oxygen atoms in total. The zero-order chi connectivity index (χ0) is 12.3. The van der Waals surface area contributed by atoms with Gasteiger partial charge >= 0.3 is 0 Å². The maximum atomic E-state index is 11.1. The van der Waals surface area contributed by atoms with Crippen molar-refractivity contribution in [1.82, 2.24) is 4.98 Å². The zero-order valence-electron chi connectivity index (χ0n) is 9.26. The second-order valence-electron chi connectivity index (χ2n) is 3.70. The number of carbonyl (C=O) groups excluding carboxylic acids is 1. The molecule has 0 saturated heterocycles. The van der Waals surface area contributed by atoms with E-state index in [2.05, 4.69) is 4.98 Å². The van der Waals surface area contributed by atoms with Gasteiger partial charge in [-0.05, 0) is 17.7 Å². The van der Waals surface area contributed by atoms with Crippen LogP contribution in [0.2, 0.25) is 0 Å². The van der Waals surface area contributed by atoms with Crippen LogP contribution in [0, 0.1) is 0 Å². The third-order valence-corrected chi connectivity index (χ3v) is 2.53. The van der Waals surface area contributed by atoms with E-state index >= 15 is 0 Å². The number of carbonyl (C=O) groups is 1. The Morgan fingerprint density at radius 1 is 1.18 bits per heavy atom. The van der Waals surface area contributed by atoms with Gasteiger partial charge in [-0.15, -0.1) is 0 Å². The molecule has 1 amide bonds. The first-order valence-corrected chi connectivity index (χ1v) is 5.26. The molecule has 1 aromatic carbocycles. The molecule has 86 valence electrons. The number of benzene rings is 1. The third-order valence-electron chi connectivity index (χ3n) is 2.53. The maximum Gasteiger partial charge on any atom is 0.248 e. The summed E-state index contributed by atoms with van der Waals surface area (Å²) in [5.41, 5.74) is 13.9. The number of primary amides is 1. The first-order valence-electron chi connectivity index (χ1n) is 5.26. The van der Waals surface area contributed by atoms with E-state index in [0.717, 1.165) is 16.8 Å². The largest absolute Gasteiger partial charge is 0.366 e. The van der Waals surface area contributed by atoms with Gasteiger partial charge in [-0.1, -0.05) is 24.3 Å². The van der Waals surface area contributed by atoms with Crippen molar-refractivity contribution in [3.63, 3.8) is 0 Å². The van der Waals surface area contributed by atoms with Gasteiger partial charge in [0.25, 0.3) is 0 Å². The van der Waals surface area contributed by atoms with E-state index in [1.54, 1.807) is 18.3 Å². The summed E-state index contributed by atoms with van der Waals surface area (Å²) in [6.45, 7) is 0.509. The lowest BCUT2D eigenvalue weighted by atomic mass is 10.1. The minimum atomic E-state index is -0.452. The molecule has 1 heterocycles. The van der Waals surface area contributed by atoms with Crippen molar-refractivity contribution in [1.29, 1.82) is 0 Å². The fraction of sp³-hybridized carbons (Fsp3) is 0.0769. The van der Waals surface area contributed by atoms with Crippen molar-refractivity contribution < 1.29 is 4.79 Å². The molecule has 17 heavy (non-hydrogen) atoms. The van der Waals surface area contributed by atoms with Gasteiger partial charge in [0.1, 0.15) is 0 Å². The standard InChI is InChI=1S/C13H13N3O/c14-8-9-1-3-10(4-2-9)12-7-11(13(15)17)5-6-16-12/h1-7H,8,14H2,(H2,15,17). The predicted molar refractivity (Wildman–Crippen MR) is 66.1 cm³/mol. The smallest absolute Gasteiger partial charge is 0.248 e. The molecular formula is C13H13N3O. The molecule has 0 aliphatic rings. The highest BCUT2D eigenvalue weighted by molar-refractivity contribution is 5.93. The number of nitrogens with two attached hydrogens (primary N) is 2. The lowest BCUT2D eigenvalue weighted by molar-refractivity contribution is 0.1000. The van der Waals surface area contributed by atoms with Crippen LogP contribution in [0.15, 0.2) is 42.6 Å². The lowest BCUT2D eigenvalue weighted by Crippen LogP contribution is -2.10. The fourth-order valence-electron chi connectivity index (χ4n) is 1.55. The molecule has 0 atom stereocenters. The number of hydrogen-bond acceptors (Lipinski definition) is 3. The molecule has 0 spiro atoms. The minimum absolute atomic E-state index is 0.452. The van der Waals surface area contributed by atoms with Gasteiger partial charge in [0.2, 0.25) is 5.91 Å². The highest BCUT2D eigenvalue weighted by atomic mass is 16.1. The Hall–Kier alpha value is -2.20. The quantitative estimate of drug-likeness (QED) is 0.829. The van der Waals surface area contributed by atoms with Crippen LogP contribution in [0.5, 0.6) is 0 Å². The van der Waals surface area contributed by atoms with Gasteiger partial charge < -0.3 is 11.5 Å². The number of aromatic nitrogens is 1. The predicted octanol–water partition coefficient (Wildman–Crippen LogP) is 1.31. The van der Waals surface area contributed by atoms with Crippen LogP contribution in [0.25, 0.3) is 11.3 Å². The van der Waals surface area contributed by atoms with E-state index < -0.39 is 5.91 Å². The Balaban J connectivity index is 2.38. The molecule has 0 bridgehead atoms. The normalized spacial score (nSPS) is 10.2. The van der Waals surface area contributed by atoms with Crippen LogP contribution >= 0.6 is 0 Å². The van der Waals surface area contributed by atoms with E-state index in [0.29, 0.717) is 12.1 Å². The lowest BCUT2D eigenvalue weighted by Gasteiger charge is -2.03. The van der Waals surface area contributed by atoms with E-state index in [1.807, 2.05) is 24.3 Å². The molecule has 2 rings (SSSR count). The van der Waals surface area contributed by atoms with Gasteiger partial charge in [0.05, 0.1) is 5.69 Å². The number of pyridine rings is 1. The fourth-order valence-corrected chi connectivity index (χ4v) is 1.55. The van der Waals surface area contributed by atoms with Crippen LogP contribution in [0.1, 0.15) is 15.9 Å². The first-order chi connectivity index (χ1) is 8.20. The highest BCUT2D eigenvalue weighted by Crippen LogP contribution is 2.18. The zero-order valence-corrected chi connectivity index (χ0v) is 9.26. The molecule has 0 unspecified atom stereocenters. The van der Waals surface area contributed by atoms with Crippen molar-refractivity contribution in [2.45, 2.75) is 6.54 Å². The summed E-state index contributed by atoms with van der Waals surface area (Å²) in [4.78, 5) is 15.3. The van der Waals surface area contributed by atoms with Crippen LogP contribution in [-0.2, 0) is 6.54 Å². The summed E-state index contributed by atoms with van der Waals surface area (Å²) in [5.74, 6) is -0.452. The number of nitrogens with zero attached hydrogens (tertiary/aromatic N) is 1. The van der Waals surface area contributed by atoms with Crippen molar-refractivity contribution >= 4 is 5.91 Å². The summed E-state index contributed by atoms with van der Waals surface area (Å²) < 4.78 is 0. The summed E-state index contributed by atoms with van der Waals surface area (Å²) in [6.07, 6.45) is 1.58. The van der Waals surface area contributed by atoms with Gasteiger partial charge in [-0.3, -0.25) is 9.78 Å². The van der Waals surface area contributed by atoms with Crippen LogP contribution < -0.4 is 11.5 Å². The summed E-state index contributed by atoms with van der Waals surface area (Å²) in [7, 11) is 0. The summed E-state index contributed by atoms with van der Waals surface area (Å²) in [6, 6.07) is 11.0. The SMILES string of the molecule is NCc1ccc(-c2cc(C(N)=O)ccn2)cc1. The average Bonchev–Trinajstić information content (AvgIpc) is 2.39. The Morgan fingerprint density at radius 2 is 1.88 bits per heavy atom. The Morgan fingerprint density at radius 3 is 2.47 bits per heavy atom. The monoisotopic (exact) mass is 227 g/mol. The molecule has 4 N–H and O–H groups in total. The molecule has 0 aliphatic heterocycles. The number of hydrogen-bond donors (Lipinski definition) is 2. The average molecular weight is 227 g/mol. The minimum Gasteiger partial charge on any atom is -0.366 e. The van der Waals surface area contributed by atoms with E-state index in [1.165, 1.54) is 0 Å². The van der Waals surface area contributed by atoms with Gasteiger partial charge in [-0.2, -0.15) is 0 Å². The molecule has 0 fully saturated rings.